The summed E-state index contributed by atoms with van der Waals surface area (Å²) >= 11 is 7.59. The van der Waals surface area contributed by atoms with Crippen molar-refractivity contribution in [2.75, 3.05) is 5.75 Å². The summed E-state index contributed by atoms with van der Waals surface area (Å²) in [5.41, 5.74) is 1.69. The van der Waals surface area contributed by atoms with Gasteiger partial charge < -0.3 is 0 Å². The lowest BCUT2D eigenvalue weighted by Gasteiger charge is -2.07. The second-order valence-corrected chi connectivity index (χ2v) is 6.15. The molecule has 0 radical (unpaired) electrons. The minimum Gasteiger partial charge on any atom is -0.280 e. The van der Waals surface area contributed by atoms with Gasteiger partial charge in [0.25, 0.3) is 0 Å². The quantitative estimate of drug-likeness (QED) is 0.541. The maximum Gasteiger partial charge on any atom is 0.300 e. The molecule has 116 valence electrons. The fourth-order valence-corrected chi connectivity index (χ4v) is 2.98. The van der Waals surface area contributed by atoms with Crippen LogP contribution in [-0.2, 0) is 0 Å². The van der Waals surface area contributed by atoms with Gasteiger partial charge in [-0.3, -0.25) is 13.8 Å². The summed E-state index contributed by atoms with van der Waals surface area (Å²) < 4.78 is 3.19. The van der Waals surface area contributed by atoms with E-state index >= 15 is 0 Å². The number of aromatic nitrogens is 4. The van der Waals surface area contributed by atoms with Crippen molar-refractivity contribution in [1.29, 1.82) is 0 Å². The van der Waals surface area contributed by atoms with Gasteiger partial charge in [-0.05, 0) is 31.5 Å². The smallest absolute Gasteiger partial charge is 0.280 e. The van der Waals surface area contributed by atoms with E-state index in [2.05, 4.69) is 22.0 Å². The van der Waals surface area contributed by atoms with Gasteiger partial charge in [-0.1, -0.05) is 35.3 Å². The molecule has 2 heterocycles. The molecule has 0 saturated heterocycles. The van der Waals surface area contributed by atoms with Gasteiger partial charge in [-0.15, -0.1) is 16.1 Å². The first-order valence-corrected chi connectivity index (χ1v) is 8.23. The van der Waals surface area contributed by atoms with E-state index in [1.165, 1.54) is 16.3 Å². The van der Waals surface area contributed by atoms with Crippen molar-refractivity contribution in [1.82, 2.24) is 19.2 Å². The molecule has 3 rings (SSSR count). The molecule has 5 nitrogen and oxygen atoms in total. The van der Waals surface area contributed by atoms with E-state index in [1.54, 1.807) is 29.8 Å². The molecule has 3 aromatic rings. The Morgan fingerprint density at radius 2 is 2.13 bits per heavy atom. The maximum absolute atomic E-state index is 12.6. The molecule has 23 heavy (non-hydrogen) atoms. The molecule has 0 N–H and O–H groups in total. The van der Waals surface area contributed by atoms with Gasteiger partial charge in [0.15, 0.2) is 5.16 Å². The van der Waals surface area contributed by atoms with Crippen molar-refractivity contribution in [3.8, 4) is 17.5 Å². The number of thioether (sulfide) groups is 1. The molecule has 0 unspecified atom stereocenters. The number of benzene rings is 1. The summed E-state index contributed by atoms with van der Waals surface area (Å²) in [7, 11) is 0. The van der Waals surface area contributed by atoms with Crippen molar-refractivity contribution >= 4 is 29.0 Å². The van der Waals surface area contributed by atoms with Crippen LogP contribution in [0, 0.1) is 18.8 Å². The third kappa shape index (κ3) is 2.98. The highest BCUT2D eigenvalue weighted by Crippen LogP contribution is 2.19. The number of rotatable bonds is 3. The molecule has 0 amide bonds. The first kappa shape index (κ1) is 15.7. The Balaban J connectivity index is 2.07. The van der Waals surface area contributed by atoms with Crippen molar-refractivity contribution in [2.45, 2.75) is 19.0 Å². The van der Waals surface area contributed by atoms with Crippen molar-refractivity contribution in [2.24, 2.45) is 0 Å². The number of halogens is 1. The lowest BCUT2D eigenvalue weighted by atomic mass is 10.2. The van der Waals surface area contributed by atoms with Gasteiger partial charge in [0, 0.05) is 17.4 Å². The molecule has 0 spiro atoms. The van der Waals surface area contributed by atoms with Gasteiger partial charge in [0.2, 0.25) is 5.65 Å². The number of hydrogen-bond donors (Lipinski definition) is 0. The average Bonchev–Trinajstić information content (AvgIpc) is 2.95. The number of fused-ring (bicyclic) bond motifs is 1. The highest BCUT2D eigenvalue weighted by molar-refractivity contribution is 7.99. The molecule has 0 aliphatic heterocycles. The lowest BCUT2D eigenvalue weighted by Crippen LogP contribution is -2.20. The summed E-state index contributed by atoms with van der Waals surface area (Å²) in [6.45, 7) is 3.70. The largest absolute Gasteiger partial charge is 0.300 e. The summed E-state index contributed by atoms with van der Waals surface area (Å²) in [6, 6.07) is 5.49. The van der Waals surface area contributed by atoms with E-state index in [-0.39, 0.29) is 11.2 Å². The lowest BCUT2D eigenvalue weighted by molar-refractivity contribution is 0.894. The molecule has 0 aliphatic carbocycles. The van der Waals surface area contributed by atoms with E-state index in [1.807, 2.05) is 19.1 Å². The first-order valence-electron chi connectivity index (χ1n) is 6.87. The zero-order valence-corrected chi connectivity index (χ0v) is 14.1. The van der Waals surface area contributed by atoms with Crippen LogP contribution in [0.1, 0.15) is 12.5 Å². The van der Waals surface area contributed by atoms with Crippen molar-refractivity contribution in [3.63, 3.8) is 0 Å². The van der Waals surface area contributed by atoms with Crippen LogP contribution in [0.25, 0.3) is 11.3 Å². The molecule has 7 heteroatoms. The maximum atomic E-state index is 12.6. The van der Waals surface area contributed by atoms with E-state index < -0.39 is 0 Å². The SMILES string of the molecule is CC#CCSc1nnc2c(=O)n(-c3ccc(C)c(Cl)c3)ccn12. The molecule has 0 fully saturated rings. The third-order valence-electron chi connectivity index (χ3n) is 3.32. The third-order valence-corrected chi connectivity index (χ3v) is 4.56. The summed E-state index contributed by atoms with van der Waals surface area (Å²) in [5, 5.41) is 9.33. The Bertz CT molecular complexity index is 997. The Morgan fingerprint density at radius 3 is 2.87 bits per heavy atom. The Labute approximate surface area is 142 Å². The van der Waals surface area contributed by atoms with Crippen LogP contribution in [0.2, 0.25) is 5.02 Å². The monoisotopic (exact) mass is 344 g/mol. The summed E-state index contributed by atoms with van der Waals surface area (Å²) in [4.78, 5) is 12.6. The molecule has 0 saturated carbocycles. The molecule has 2 aromatic heterocycles. The molecular weight excluding hydrogens is 332 g/mol. The standard InChI is InChI=1S/C16H13ClN4OS/c1-3-4-9-23-16-19-18-14-15(22)20(7-8-21(14)16)12-6-5-11(2)13(17)10-12/h5-8,10H,9H2,1-2H3. The van der Waals surface area contributed by atoms with E-state index in [0.29, 0.717) is 21.6 Å². The van der Waals surface area contributed by atoms with Crippen LogP contribution < -0.4 is 5.56 Å². The molecule has 0 aliphatic rings. The fraction of sp³-hybridized carbons (Fsp3) is 0.188. The molecular formula is C16H13ClN4OS. The van der Waals surface area contributed by atoms with E-state index in [4.69, 9.17) is 11.6 Å². The zero-order valence-electron chi connectivity index (χ0n) is 12.6. The van der Waals surface area contributed by atoms with Crippen molar-refractivity contribution < 1.29 is 0 Å². The molecule has 0 bridgehead atoms. The summed E-state index contributed by atoms with van der Waals surface area (Å²) in [6.07, 6.45) is 3.46. The number of aryl methyl sites for hydroxylation is 1. The van der Waals surface area contributed by atoms with Crippen LogP contribution in [-0.4, -0.2) is 24.9 Å². The highest BCUT2D eigenvalue weighted by atomic mass is 35.5. The number of hydrogen-bond acceptors (Lipinski definition) is 4. The predicted molar refractivity (Wildman–Crippen MR) is 92.5 cm³/mol. The van der Waals surface area contributed by atoms with Crippen LogP contribution >= 0.6 is 23.4 Å². The van der Waals surface area contributed by atoms with Crippen LogP contribution in [0.4, 0.5) is 0 Å². The van der Waals surface area contributed by atoms with Gasteiger partial charge in [0.05, 0.1) is 11.4 Å². The first-order chi connectivity index (χ1) is 11.1. The fourth-order valence-electron chi connectivity index (χ4n) is 2.07. The van der Waals surface area contributed by atoms with Gasteiger partial charge >= 0.3 is 5.56 Å². The topological polar surface area (TPSA) is 52.2 Å². The second-order valence-electron chi connectivity index (χ2n) is 4.80. The Hall–Kier alpha value is -2.23. The number of nitrogens with zero attached hydrogens (tertiary/aromatic N) is 4. The van der Waals surface area contributed by atoms with E-state index in [9.17, 15) is 4.79 Å². The second kappa shape index (κ2) is 6.49. The van der Waals surface area contributed by atoms with Gasteiger partial charge in [-0.25, -0.2) is 0 Å². The molecule has 0 atom stereocenters. The van der Waals surface area contributed by atoms with Crippen molar-refractivity contribution in [3.05, 3.63) is 51.5 Å². The van der Waals surface area contributed by atoms with Crippen LogP contribution in [0.3, 0.4) is 0 Å². The molecule has 1 aromatic carbocycles. The predicted octanol–water partition coefficient (Wildman–Crippen LogP) is 2.96. The van der Waals surface area contributed by atoms with Crippen LogP contribution in [0.15, 0.2) is 40.5 Å². The van der Waals surface area contributed by atoms with Gasteiger partial charge in [0.1, 0.15) is 0 Å². The normalized spacial score (nSPS) is 10.6. The zero-order chi connectivity index (χ0) is 16.4. The Kier molecular flexibility index (Phi) is 4.42. The average molecular weight is 345 g/mol. The minimum atomic E-state index is -0.242. The minimum absolute atomic E-state index is 0.242. The Morgan fingerprint density at radius 1 is 1.30 bits per heavy atom. The van der Waals surface area contributed by atoms with Gasteiger partial charge in [-0.2, -0.15) is 0 Å². The highest BCUT2D eigenvalue weighted by Gasteiger charge is 2.12. The van der Waals surface area contributed by atoms with E-state index in [0.717, 1.165) is 5.56 Å². The van der Waals surface area contributed by atoms with Crippen LogP contribution in [0.5, 0.6) is 0 Å². The summed E-state index contributed by atoms with van der Waals surface area (Å²) in [5.74, 6) is 6.38.